The topological polar surface area (TPSA) is 66.8 Å². The van der Waals surface area contributed by atoms with Crippen molar-refractivity contribution >= 4 is 49.8 Å². The monoisotopic (exact) mass is 434 g/mol. The maximum absolute atomic E-state index is 12.2. The van der Waals surface area contributed by atoms with Crippen molar-refractivity contribution in [1.29, 1.82) is 0 Å². The number of hydrogen-bond acceptors (Lipinski definition) is 6. The van der Waals surface area contributed by atoms with E-state index in [1.165, 1.54) is 18.7 Å². The molecule has 0 amide bonds. The van der Waals surface area contributed by atoms with Gasteiger partial charge in [0.2, 0.25) is 0 Å². The number of carbonyl (C=O) groups excluding carboxylic acids is 1. The zero-order valence-corrected chi connectivity index (χ0v) is 17.6. The molecule has 1 saturated heterocycles. The number of sulfone groups is 1. The number of anilines is 1. The smallest absolute Gasteiger partial charge is 0.164 e. The molecule has 2 heterocycles. The highest BCUT2D eigenvalue weighted by molar-refractivity contribution is 8.13. The van der Waals surface area contributed by atoms with Crippen LogP contribution in [0.4, 0.5) is 5.69 Å². The number of aliphatic imine (C=N–C) groups is 1. The van der Waals surface area contributed by atoms with Crippen molar-refractivity contribution in [3.05, 3.63) is 64.7 Å². The minimum atomic E-state index is -3.12. The van der Waals surface area contributed by atoms with E-state index in [0.717, 1.165) is 16.4 Å². The van der Waals surface area contributed by atoms with Crippen LogP contribution in [0.25, 0.3) is 0 Å². The molecule has 0 saturated carbocycles. The molecule has 0 aromatic heterocycles. The van der Waals surface area contributed by atoms with Gasteiger partial charge in [-0.05, 0) is 30.7 Å². The molecule has 4 rings (SSSR count). The van der Waals surface area contributed by atoms with E-state index in [9.17, 15) is 13.2 Å². The summed E-state index contributed by atoms with van der Waals surface area (Å²) >= 11 is 7.81. The Balaban J connectivity index is 1.66. The van der Waals surface area contributed by atoms with Crippen LogP contribution in [0, 0.1) is 0 Å². The second kappa shape index (κ2) is 7.54. The SMILES string of the molecule is CC(=O)c1cccc(N2C(SCc3ccccc3Cl)=N[C@@H]3CS(=O)(=O)C[C@H]32)c1. The number of Topliss-reactive ketones (excluding diaryl/α,β-unsaturated/α-hetero) is 1. The molecule has 0 unspecified atom stereocenters. The van der Waals surface area contributed by atoms with Gasteiger partial charge in [-0.2, -0.15) is 0 Å². The Morgan fingerprint density at radius 1 is 1.21 bits per heavy atom. The van der Waals surface area contributed by atoms with Crippen LogP contribution in [0.1, 0.15) is 22.8 Å². The predicted molar refractivity (Wildman–Crippen MR) is 115 cm³/mol. The van der Waals surface area contributed by atoms with E-state index in [4.69, 9.17) is 16.6 Å². The lowest BCUT2D eigenvalue weighted by molar-refractivity contribution is 0.101. The van der Waals surface area contributed by atoms with E-state index >= 15 is 0 Å². The van der Waals surface area contributed by atoms with Crippen LogP contribution in [-0.4, -0.2) is 43.0 Å². The van der Waals surface area contributed by atoms with Crippen molar-refractivity contribution in [1.82, 2.24) is 0 Å². The summed E-state index contributed by atoms with van der Waals surface area (Å²) in [5, 5.41) is 1.46. The van der Waals surface area contributed by atoms with Gasteiger partial charge in [0.1, 0.15) is 0 Å². The lowest BCUT2D eigenvalue weighted by atomic mass is 10.1. The summed E-state index contributed by atoms with van der Waals surface area (Å²) < 4.78 is 24.3. The highest BCUT2D eigenvalue weighted by atomic mass is 35.5. The maximum Gasteiger partial charge on any atom is 0.164 e. The molecule has 0 bridgehead atoms. The summed E-state index contributed by atoms with van der Waals surface area (Å²) in [4.78, 5) is 18.5. The van der Waals surface area contributed by atoms with Crippen LogP contribution < -0.4 is 4.90 Å². The first-order valence-electron chi connectivity index (χ1n) is 8.89. The molecule has 1 fully saturated rings. The van der Waals surface area contributed by atoms with Gasteiger partial charge in [0, 0.05) is 22.0 Å². The summed E-state index contributed by atoms with van der Waals surface area (Å²) in [5.41, 5.74) is 2.39. The largest absolute Gasteiger partial charge is 0.315 e. The van der Waals surface area contributed by atoms with Crippen LogP contribution >= 0.6 is 23.4 Å². The Morgan fingerprint density at radius 3 is 2.75 bits per heavy atom. The normalized spacial score (nSPS) is 22.8. The second-order valence-corrected chi connectivity index (χ2v) is 10.5. The number of benzene rings is 2. The number of amidine groups is 1. The summed E-state index contributed by atoms with van der Waals surface area (Å²) in [5.74, 6) is 0.741. The van der Waals surface area contributed by atoms with Crippen LogP contribution in [-0.2, 0) is 15.6 Å². The quantitative estimate of drug-likeness (QED) is 0.684. The molecular weight excluding hydrogens is 416 g/mol. The summed E-state index contributed by atoms with van der Waals surface area (Å²) in [6.45, 7) is 1.52. The number of rotatable bonds is 4. The van der Waals surface area contributed by atoms with Gasteiger partial charge in [-0.3, -0.25) is 9.79 Å². The molecule has 5 nitrogen and oxygen atoms in total. The Labute approximate surface area is 173 Å². The number of carbonyl (C=O) groups is 1. The van der Waals surface area contributed by atoms with Crippen LogP contribution in [0.5, 0.6) is 0 Å². The molecule has 8 heteroatoms. The lowest BCUT2D eigenvalue weighted by Gasteiger charge is -2.27. The molecule has 2 aliphatic heterocycles. The Hall–Kier alpha value is -1.83. The summed E-state index contributed by atoms with van der Waals surface area (Å²) in [7, 11) is -3.12. The van der Waals surface area contributed by atoms with Gasteiger partial charge in [0.05, 0.1) is 23.6 Å². The lowest BCUT2D eigenvalue weighted by Crippen LogP contribution is -2.39. The number of hydrogen-bond donors (Lipinski definition) is 0. The molecule has 28 heavy (non-hydrogen) atoms. The van der Waals surface area contributed by atoms with E-state index in [1.807, 2.05) is 41.3 Å². The summed E-state index contributed by atoms with van der Waals surface area (Å²) in [6.07, 6.45) is 0. The maximum atomic E-state index is 12.2. The van der Waals surface area contributed by atoms with Crippen LogP contribution in [0.3, 0.4) is 0 Å². The Morgan fingerprint density at radius 2 is 2.00 bits per heavy atom. The average molecular weight is 435 g/mol. The van der Waals surface area contributed by atoms with E-state index in [-0.39, 0.29) is 29.4 Å². The average Bonchev–Trinajstić information content (AvgIpc) is 3.12. The predicted octanol–water partition coefficient (Wildman–Crippen LogP) is 3.82. The van der Waals surface area contributed by atoms with Crippen molar-refractivity contribution in [2.24, 2.45) is 4.99 Å². The van der Waals surface area contributed by atoms with E-state index in [2.05, 4.69) is 0 Å². The molecule has 0 aliphatic carbocycles. The highest BCUT2D eigenvalue weighted by Crippen LogP contribution is 2.36. The molecule has 2 aromatic rings. The van der Waals surface area contributed by atoms with Crippen molar-refractivity contribution in [3.63, 3.8) is 0 Å². The van der Waals surface area contributed by atoms with E-state index in [1.54, 1.807) is 12.1 Å². The standard InChI is InChI=1S/C20H19ClN2O3S2/c1-13(24)14-6-4-7-16(9-14)23-19-12-28(25,26)11-18(19)22-20(23)27-10-15-5-2-3-8-17(15)21/h2-9,18-19H,10-12H2,1H3/t18-,19-/m1/s1. The highest BCUT2D eigenvalue weighted by Gasteiger charge is 2.47. The van der Waals surface area contributed by atoms with Gasteiger partial charge in [-0.15, -0.1) is 0 Å². The van der Waals surface area contributed by atoms with E-state index in [0.29, 0.717) is 16.3 Å². The minimum Gasteiger partial charge on any atom is -0.315 e. The number of thioether (sulfide) groups is 1. The number of ketones is 1. The van der Waals surface area contributed by atoms with Crippen LogP contribution in [0.2, 0.25) is 5.02 Å². The minimum absolute atomic E-state index is 0.0288. The third kappa shape index (κ3) is 3.83. The van der Waals surface area contributed by atoms with Crippen molar-refractivity contribution in [2.45, 2.75) is 24.8 Å². The molecule has 0 radical (unpaired) electrons. The van der Waals surface area contributed by atoms with Gasteiger partial charge in [0.25, 0.3) is 0 Å². The van der Waals surface area contributed by atoms with Gasteiger partial charge in [-0.1, -0.05) is 53.7 Å². The van der Waals surface area contributed by atoms with Gasteiger partial charge >= 0.3 is 0 Å². The van der Waals surface area contributed by atoms with Gasteiger partial charge < -0.3 is 4.90 Å². The third-order valence-corrected chi connectivity index (χ3v) is 8.04. The Kier molecular flexibility index (Phi) is 5.24. The number of nitrogens with zero attached hydrogens (tertiary/aromatic N) is 2. The Bertz CT molecular complexity index is 1070. The molecular formula is C20H19ClN2O3S2. The molecule has 0 N–H and O–H groups in total. The number of fused-ring (bicyclic) bond motifs is 1. The third-order valence-electron chi connectivity index (χ3n) is 4.95. The van der Waals surface area contributed by atoms with Gasteiger partial charge in [0.15, 0.2) is 20.8 Å². The fourth-order valence-corrected chi connectivity index (χ4v) is 6.82. The number of halogens is 1. The summed E-state index contributed by atoms with van der Waals surface area (Å²) in [6, 6.07) is 14.4. The van der Waals surface area contributed by atoms with Crippen molar-refractivity contribution in [2.75, 3.05) is 16.4 Å². The molecule has 146 valence electrons. The van der Waals surface area contributed by atoms with Crippen molar-refractivity contribution < 1.29 is 13.2 Å². The first-order chi connectivity index (χ1) is 13.3. The second-order valence-electron chi connectivity index (χ2n) is 6.98. The zero-order valence-electron chi connectivity index (χ0n) is 15.2. The fraction of sp³-hybridized carbons (Fsp3) is 0.300. The zero-order chi connectivity index (χ0) is 19.9. The van der Waals surface area contributed by atoms with Crippen molar-refractivity contribution in [3.8, 4) is 0 Å². The molecule has 2 aliphatic rings. The van der Waals surface area contributed by atoms with Crippen LogP contribution in [0.15, 0.2) is 53.5 Å². The van der Waals surface area contributed by atoms with Gasteiger partial charge in [-0.25, -0.2) is 8.42 Å². The fourth-order valence-electron chi connectivity index (χ4n) is 3.57. The first kappa shape index (κ1) is 19.5. The molecule has 2 atom stereocenters. The molecule has 0 spiro atoms. The first-order valence-corrected chi connectivity index (χ1v) is 12.1. The van der Waals surface area contributed by atoms with E-state index < -0.39 is 9.84 Å². The molecule has 2 aromatic carbocycles.